The molecule has 2 rings (SSSR count). The molecule has 2 aromatic heterocycles. The number of hydrogen-bond acceptors (Lipinski definition) is 5. The molecule has 0 spiro atoms. The first-order chi connectivity index (χ1) is 6.34. The monoisotopic (exact) mass is 192 g/mol. The number of nitrogen functional groups attached to an aromatic ring is 1. The number of thiophene rings is 1. The predicted molar refractivity (Wildman–Crippen MR) is 54.0 cm³/mol. The van der Waals surface area contributed by atoms with E-state index in [1.807, 2.05) is 16.8 Å². The molecule has 13 heavy (non-hydrogen) atoms. The van der Waals surface area contributed by atoms with Crippen molar-refractivity contribution in [2.24, 2.45) is 0 Å². The van der Waals surface area contributed by atoms with Crippen LogP contribution in [-0.4, -0.2) is 9.97 Å². The van der Waals surface area contributed by atoms with Gasteiger partial charge in [-0.05, 0) is 11.4 Å². The van der Waals surface area contributed by atoms with Crippen LogP contribution in [-0.2, 0) is 0 Å². The highest BCUT2D eigenvalue weighted by atomic mass is 32.1. The zero-order valence-corrected chi connectivity index (χ0v) is 7.58. The Balaban J connectivity index is 2.15. The number of nitrogens with one attached hydrogen (secondary N) is 1. The first kappa shape index (κ1) is 8.00. The van der Waals surface area contributed by atoms with Crippen LogP contribution in [0.1, 0.15) is 0 Å². The summed E-state index contributed by atoms with van der Waals surface area (Å²) in [6, 6.07) is 1.97. The average molecular weight is 192 g/mol. The minimum atomic E-state index is 0.427. The average Bonchev–Trinajstić information content (AvgIpc) is 2.62. The molecule has 0 atom stereocenters. The third-order valence-electron chi connectivity index (χ3n) is 1.47. The van der Waals surface area contributed by atoms with Gasteiger partial charge in [-0.3, -0.25) is 0 Å². The lowest BCUT2D eigenvalue weighted by molar-refractivity contribution is 1.21. The standard InChI is InChI=1S/C8H8N4S/c9-7-3-11-8(4-10-7)12-6-1-2-13-5-6/h1-5H,(H2,9,10)(H,11,12). The highest BCUT2D eigenvalue weighted by molar-refractivity contribution is 7.08. The van der Waals surface area contributed by atoms with Crippen LogP contribution in [0.3, 0.4) is 0 Å². The maximum Gasteiger partial charge on any atom is 0.149 e. The minimum Gasteiger partial charge on any atom is -0.382 e. The summed E-state index contributed by atoms with van der Waals surface area (Å²) in [4.78, 5) is 7.98. The van der Waals surface area contributed by atoms with E-state index in [0.717, 1.165) is 5.69 Å². The van der Waals surface area contributed by atoms with E-state index in [2.05, 4.69) is 15.3 Å². The summed E-state index contributed by atoms with van der Waals surface area (Å²) in [5.41, 5.74) is 6.42. The molecule has 2 heterocycles. The molecule has 0 aliphatic heterocycles. The van der Waals surface area contributed by atoms with Crippen LogP contribution in [0.25, 0.3) is 0 Å². The molecule has 0 radical (unpaired) electrons. The molecule has 0 amide bonds. The van der Waals surface area contributed by atoms with E-state index in [1.165, 1.54) is 6.20 Å². The van der Waals surface area contributed by atoms with Crippen molar-refractivity contribution in [1.82, 2.24) is 9.97 Å². The van der Waals surface area contributed by atoms with Crippen molar-refractivity contribution in [2.45, 2.75) is 0 Å². The van der Waals surface area contributed by atoms with Crippen molar-refractivity contribution in [2.75, 3.05) is 11.1 Å². The van der Waals surface area contributed by atoms with Crippen molar-refractivity contribution in [1.29, 1.82) is 0 Å². The maximum absolute atomic E-state index is 5.40. The van der Waals surface area contributed by atoms with E-state index < -0.39 is 0 Å². The Morgan fingerprint density at radius 1 is 1.31 bits per heavy atom. The summed E-state index contributed by atoms with van der Waals surface area (Å²) in [5, 5.41) is 7.08. The zero-order valence-electron chi connectivity index (χ0n) is 6.77. The zero-order chi connectivity index (χ0) is 9.10. The van der Waals surface area contributed by atoms with Crippen molar-refractivity contribution in [3.05, 3.63) is 29.2 Å². The van der Waals surface area contributed by atoms with Gasteiger partial charge in [0.2, 0.25) is 0 Å². The molecule has 3 N–H and O–H groups in total. The molecule has 2 aromatic rings. The number of hydrogen-bond donors (Lipinski definition) is 2. The molecular formula is C8H8N4S. The smallest absolute Gasteiger partial charge is 0.149 e. The first-order valence-electron chi connectivity index (χ1n) is 3.71. The minimum absolute atomic E-state index is 0.427. The maximum atomic E-state index is 5.40. The van der Waals surface area contributed by atoms with Gasteiger partial charge >= 0.3 is 0 Å². The molecule has 0 aliphatic rings. The first-order valence-corrected chi connectivity index (χ1v) is 4.65. The topological polar surface area (TPSA) is 63.8 Å². The van der Waals surface area contributed by atoms with E-state index in [9.17, 15) is 0 Å². The van der Waals surface area contributed by atoms with Crippen LogP contribution in [0.4, 0.5) is 17.3 Å². The van der Waals surface area contributed by atoms with E-state index >= 15 is 0 Å². The molecule has 0 bridgehead atoms. The summed E-state index contributed by atoms with van der Waals surface area (Å²) in [6.07, 6.45) is 3.13. The normalized spacial score (nSPS) is 9.85. The summed E-state index contributed by atoms with van der Waals surface area (Å²) < 4.78 is 0. The number of nitrogens with zero attached hydrogens (tertiary/aromatic N) is 2. The third-order valence-corrected chi connectivity index (χ3v) is 2.15. The molecule has 0 saturated carbocycles. The number of nitrogens with two attached hydrogens (primary N) is 1. The number of aromatic nitrogens is 2. The van der Waals surface area contributed by atoms with E-state index in [0.29, 0.717) is 11.6 Å². The van der Waals surface area contributed by atoms with Gasteiger partial charge in [0.05, 0.1) is 18.1 Å². The van der Waals surface area contributed by atoms with Gasteiger partial charge in [0.15, 0.2) is 0 Å². The van der Waals surface area contributed by atoms with Gasteiger partial charge < -0.3 is 11.1 Å². The molecule has 0 saturated heterocycles. The Kier molecular flexibility index (Phi) is 2.09. The van der Waals surface area contributed by atoms with Crippen LogP contribution in [0.5, 0.6) is 0 Å². The lowest BCUT2D eigenvalue weighted by atomic mass is 10.5. The van der Waals surface area contributed by atoms with Crippen LogP contribution >= 0.6 is 11.3 Å². The highest BCUT2D eigenvalue weighted by Crippen LogP contribution is 2.16. The molecule has 5 heteroatoms. The lowest BCUT2D eigenvalue weighted by Crippen LogP contribution is -1.95. The van der Waals surface area contributed by atoms with Gasteiger partial charge in [-0.25, -0.2) is 9.97 Å². The second-order valence-corrected chi connectivity index (χ2v) is 3.24. The van der Waals surface area contributed by atoms with Gasteiger partial charge in [-0.1, -0.05) is 0 Å². The third kappa shape index (κ3) is 1.94. The van der Waals surface area contributed by atoms with Gasteiger partial charge in [-0.2, -0.15) is 11.3 Å². The fourth-order valence-corrected chi connectivity index (χ4v) is 1.47. The summed E-state index contributed by atoms with van der Waals surface area (Å²) in [6.45, 7) is 0. The Morgan fingerprint density at radius 2 is 2.23 bits per heavy atom. The van der Waals surface area contributed by atoms with Crippen LogP contribution < -0.4 is 11.1 Å². The van der Waals surface area contributed by atoms with Gasteiger partial charge in [-0.15, -0.1) is 0 Å². The van der Waals surface area contributed by atoms with Crippen LogP contribution in [0, 0.1) is 0 Å². The highest BCUT2D eigenvalue weighted by Gasteiger charge is 1.95. The fourth-order valence-electron chi connectivity index (χ4n) is 0.886. The van der Waals surface area contributed by atoms with Crippen molar-refractivity contribution < 1.29 is 0 Å². The van der Waals surface area contributed by atoms with Crippen molar-refractivity contribution in [3.63, 3.8) is 0 Å². The Hall–Kier alpha value is -1.62. The summed E-state index contributed by atoms with van der Waals surface area (Å²) in [5.74, 6) is 1.13. The van der Waals surface area contributed by atoms with Crippen LogP contribution in [0.2, 0.25) is 0 Å². The molecule has 0 aromatic carbocycles. The largest absolute Gasteiger partial charge is 0.382 e. The van der Waals surface area contributed by atoms with Crippen molar-refractivity contribution in [3.8, 4) is 0 Å². The quantitative estimate of drug-likeness (QED) is 0.762. The molecular weight excluding hydrogens is 184 g/mol. The fraction of sp³-hybridized carbons (Fsp3) is 0. The Morgan fingerprint density at radius 3 is 2.85 bits per heavy atom. The van der Waals surface area contributed by atoms with Gasteiger partial charge in [0.1, 0.15) is 11.6 Å². The SMILES string of the molecule is Nc1cnc(Nc2ccsc2)cn1. The number of anilines is 3. The molecule has 66 valence electrons. The lowest BCUT2D eigenvalue weighted by Gasteiger charge is -2.01. The summed E-state index contributed by atoms with van der Waals surface area (Å²) >= 11 is 1.63. The molecule has 0 fully saturated rings. The van der Waals surface area contributed by atoms with Crippen LogP contribution in [0.15, 0.2) is 29.2 Å². The molecule has 0 unspecified atom stereocenters. The second-order valence-electron chi connectivity index (χ2n) is 2.46. The van der Waals surface area contributed by atoms with E-state index in [-0.39, 0.29) is 0 Å². The summed E-state index contributed by atoms with van der Waals surface area (Å²) in [7, 11) is 0. The Labute approximate surface area is 79.5 Å². The van der Waals surface area contributed by atoms with Gasteiger partial charge in [0, 0.05) is 5.38 Å². The molecule has 0 aliphatic carbocycles. The van der Waals surface area contributed by atoms with E-state index in [4.69, 9.17) is 5.73 Å². The van der Waals surface area contributed by atoms with Crippen molar-refractivity contribution >= 4 is 28.7 Å². The van der Waals surface area contributed by atoms with Gasteiger partial charge in [0.25, 0.3) is 0 Å². The predicted octanol–water partition coefficient (Wildman–Crippen LogP) is 1.86. The Bertz CT molecular complexity index is 368. The molecule has 4 nitrogen and oxygen atoms in total. The van der Waals surface area contributed by atoms with E-state index in [1.54, 1.807) is 17.5 Å². The second kappa shape index (κ2) is 3.40. The number of rotatable bonds is 2.